The molecule has 1 N–H and O–H groups in total. The van der Waals surface area contributed by atoms with Crippen LogP contribution in [0.4, 0.5) is 0 Å². The van der Waals surface area contributed by atoms with Gasteiger partial charge in [0.1, 0.15) is 5.52 Å². The van der Waals surface area contributed by atoms with Crippen LogP contribution < -0.4 is 11.0 Å². The molecule has 2 heterocycles. The van der Waals surface area contributed by atoms with Gasteiger partial charge in [0.15, 0.2) is 5.43 Å². The highest BCUT2D eigenvalue weighted by atomic mass is 16.1. The summed E-state index contributed by atoms with van der Waals surface area (Å²) in [5, 5.41) is 9.83. The molecule has 0 aliphatic heterocycles. The first kappa shape index (κ1) is 14.5. The standard InChI is InChI=1S/C20H12N4O2/c25-19-13-5-1-3-7-16(13)21-18-11-12(9-10-14(18)19)24-20(26)15-6-2-4-8-17(15)22-23-24/h1-11H,(H,21,25). The lowest BCUT2D eigenvalue weighted by Gasteiger charge is -2.07. The first-order valence-corrected chi connectivity index (χ1v) is 8.12. The quantitative estimate of drug-likeness (QED) is 0.476. The number of hydrogen-bond donors (Lipinski definition) is 1. The van der Waals surface area contributed by atoms with Crippen molar-refractivity contribution in [3.05, 3.63) is 87.3 Å². The summed E-state index contributed by atoms with van der Waals surface area (Å²) >= 11 is 0. The smallest absolute Gasteiger partial charge is 0.282 e. The van der Waals surface area contributed by atoms with Crippen LogP contribution in [0, 0.1) is 0 Å². The van der Waals surface area contributed by atoms with Crippen molar-refractivity contribution in [2.24, 2.45) is 0 Å². The van der Waals surface area contributed by atoms with Gasteiger partial charge in [-0.1, -0.05) is 29.5 Å². The van der Waals surface area contributed by atoms with E-state index in [1.807, 2.05) is 24.3 Å². The Morgan fingerprint density at radius 2 is 1.50 bits per heavy atom. The molecule has 0 aliphatic carbocycles. The third kappa shape index (κ3) is 2.05. The molecule has 0 radical (unpaired) electrons. The zero-order valence-corrected chi connectivity index (χ0v) is 13.5. The molecule has 0 spiro atoms. The Bertz CT molecular complexity index is 1430. The van der Waals surface area contributed by atoms with E-state index >= 15 is 0 Å². The normalized spacial score (nSPS) is 11.4. The van der Waals surface area contributed by atoms with Crippen molar-refractivity contribution in [1.82, 2.24) is 20.0 Å². The van der Waals surface area contributed by atoms with Gasteiger partial charge in [-0.15, -0.1) is 5.10 Å². The van der Waals surface area contributed by atoms with Gasteiger partial charge < -0.3 is 4.98 Å². The molecule has 26 heavy (non-hydrogen) atoms. The molecule has 124 valence electrons. The molecule has 0 atom stereocenters. The number of nitrogens with zero attached hydrogens (tertiary/aromatic N) is 3. The fourth-order valence-electron chi connectivity index (χ4n) is 3.20. The maximum Gasteiger partial charge on any atom is 0.282 e. The molecule has 6 nitrogen and oxygen atoms in total. The molecule has 6 heteroatoms. The number of benzene rings is 3. The summed E-state index contributed by atoms with van der Waals surface area (Å²) in [5.74, 6) is 0. The fraction of sp³-hybridized carbons (Fsp3) is 0. The van der Waals surface area contributed by atoms with E-state index in [4.69, 9.17) is 0 Å². The van der Waals surface area contributed by atoms with Crippen LogP contribution in [-0.4, -0.2) is 20.0 Å². The molecule has 3 aromatic carbocycles. The summed E-state index contributed by atoms with van der Waals surface area (Å²) < 4.78 is 1.25. The second-order valence-corrected chi connectivity index (χ2v) is 6.05. The van der Waals surface area contributed by atoms with Crippen LogP contribution in [0.3, 0.4) is 0 Å². The lowest BCUT2D eigenvalue weighted by molar-refractivity contribution is 0.738. The highest BCUT2D eigenvalue weighted by Gasteiger charge is 2.10. The third-order valence-electron chi connectivity index (χ3n) is 4.50. The maximum absolute atomic E-state index is 12.7. The number of rotatable bonds is 1. The van der Waals surface area contributed by atoms with Crippen molar-refractivity contribution in [3.63, 3.8) is 0 Å². The molecule has 0 fully saturated rings. The van der Waals surface area contributed by atoms with Gasteiger partial charge in [-0.2, -0.15) is 4.68 Å². The number of para-hydroxylation sites is 1. The summed E-state index contributed by atoms with van der Waals surface area (Å²) in [6.07, 6.45) is 0. The molecular weight excluding hydrogens is 328 g/mol. The van der Waals surface area contributed by atoms with Gasteiger partial charge in [-0.05, 0) is 42.5 Å². The zero-order chi connectivity index (χ0) is 17.7. The first-order valence-electron chi connectivity index (χ1n) is 8.12. The lowest BCUT2D eigenvalue weighted by Crippen LogP contribution is -2.22. The van der Waals surface area contributed by atoms with Crippen LogP contribution in [0.1, 0.15) is 0 Å². The largest absolute Gasteiger partial charge is 0.354 e. The monoisotopic (exact) mass is 340 g/mol. The fourth-order valence-corrected chi connectivity index (χ4v) is 3.20. The molecule has 0 saturated carbocycles. The third-order valence-corrected chi connectivity index (χ3v) is 4.50. The SMILES string of the molecule is O=c1c2ccccc2[nH]c2cc(-n3nnc4ccccc4c3=O)ccc12. The van der Waals surface area contributed by atoms with Crippen LogP contribution in [0.2, 0.25) is 0 Å². The zero-order valence-electron chi connectivity index (χ0n) is 13.5. The van der Waals surface area contributed by atoms with Crippen molar-refractivity contribution in [3.8, 4) is 5.69 Å². The molecule has 5 aromatic rings. The van der Waals surface area contributed by atoms with Crippen molar-refractivity contribution < 1.29 is 0 Å². The number of aromatic nitrogens is 4. The number of pyridine rings is 1. The molecule has 0 bridgehead atoms. The van der Waals surface area contributed by atoms with Crippen LogP contribution in [-0.2, 0) is 0 Å². The van der Waals surface area contributed by atoms with E-state index in [0.717, 1.165) is 5.52 Å². The van der Waals surface area contributed by atoms with Gasteiger partial charge in [-0.25, -0.2) is 0 Å². The van der Waals surface area contributed by atoms with E-state index in [9.17, 15) is 9.59 Å². The topological polar surface area (TPSA) is 80.6 Å². The molecular formula is C20H12N4O2. The Morgan fingerprint density at radius 1 is 0.769 bits per heavy atom. The van der Waals surface area contributed by atoms with E-state index in [1.54, 1.807) is 42.5 Å². The van der Waals surface area contributed by atoms with E-state index in [2.05, 4.69) is 15.3 Å². The Morgan fingerprint density at radius 3 is 2.38 bits per heavy atom. The molecule has 0 unspecified atom stereocenters. The van der Waals surface area contributed by atoms with E-state index < -0.39 is 0 Å². The van der Waals surface area contributed by atoms with Gasteiger partial charge in [0.2, 0.25) is 0 Å². The Hall–Kier alpha value is -3.80. The van der Waals surface area contributed by atoms with Crippen molar-refractivity contribution in [2.75, 3.05) is 0 Å². The van der Waals surface area contributed by atoms with E-state index in [1.165, 1.54) is 4.68 Å². The van der Waals surface area contributed by atoms with Crippen LogP contribution in [0.5, 0.6) is 0 Å². The molecule has 0 amide bonds. The van der Waals surface area contributed by atoms with Gasteiger partial charge in [0, 0.05) is 16.3 Å². The minimum absolute atomic E-state index is 0.0437. The number of H-pyrrole nitrogens is 1. The molecule has 0 saturated heterocycles. The minimum Gasteiger partial charge on any atom is -0.354 e. The summed E-state index contributed by atoms with van der Waals surface area (Å²) in [6.45, 7) is 0. The van der Waals surface area contributed by atoms with E-state index in [0.29, 0.717) is 32.9 Å². The molecule has 5 rings (SSSR count). The summed E-state index contributed by atoms with van der Waals surface area (Å²) in [5.41, 5.74) is 2.20. The number of hydrogen-bond acceptors (Lipinski definition) is 4. The average Bonchev–Trinajstić information content (AvgIpc) is 2.68. The highest BCUT2D eigenvalue weighted by Crippen LogP contribution is 2.17. The van der Waals surface area contributed by atoms with Crippen molar-refractivity contribution >= 4 is 32.7 Å². The lowest BCUT2D eigenvalue weighted by atomic mass is 10.1. The summed E-state index contributed by atoms with van der Waals surface area (Å²) in [4.78, 5) is 28.6. The Kier molecular flexibility index (Phi) is 2.99. The molecule has 2 aromatic heterocycles. The van der Waals surface area contributed by atoms with Crippen LogP contribution in [0.25, 0.3) is 38.4 Å². The summed E-state index contributed by atoms with van der Waals surface area (Å²) in [6, 6.07) is 19.6. The van der Waals surface area contributed by atoms with Gasteiger partial charge >= 0.3 is 0 Å². The van der Waals surface area contributed by atoms with Crippen molar-refractivity contribution in [1.29, 1.82) is 0 Å². The predicted molar refractivity (Wildman–Crippen MR) is 101 cm³/mol. The Labute approximate surface area is 146 Å². The predicted octanol–water partition coefficient (Wildman–Crippen LogP) is 2.78. The maximum atomic E-state index is 12.7. The first-order chi connectivity index (χ1) is 12.7. The molecule has 0 aliphatic rings. The van der Waals surface area contributed by atoms with Crippen LogP contribution >= 0.6 is 0 Å². The van der Waals surface area contributed by atoms with Gasteiger partial charge in [-0.3, -0.25) is 9.59 Å². The Balaban J connectivity index is 1.81. The summed E-state index contributed by atoms with van der Waals surface area (Å²) in [7, 11) is 0. The number of aromatic amines is 1. The second kappa shape index (κ2) is 5.35. The second-order valence-electron chi connectivity index (χ2n) is 6.05. The number of fused-ring (bicyclic) bond motifs is 3. The van der Waals surface area contributed by atoms with E-state index in [-0.39, 0.29) is 11.0 Å². The van der Waals surface area contributed by atoms with Crippen molar-refractivity contribution in [2.45, 2.75) is 0 Å². The minimum atomic E-state index is -0.252. The van der Waals surface area contributed by atoms with Gasteiger partial charge in [0.25, 0.3) is 5.56 Å². The number of nitrogens with one attached hydrogen (secondary N) is 1. The average molecular weight is 340 g/mol. The van der Waals surface area contributed by atoms with Gasteiger partial charge in [0.05, 0.1) is 16.6 Å². The highest BCUT2D eigenvalue weighted by molar-refractivity contribution is 5.93. The van der Waals surface area contributed by atoms with Crippen LogP contribution in [0.15, 0.2) is 76.3 Å².